The molecule has 0 amide bonds. The van der Waals surface area contributed by atoms with Crippen LogP contribution in [0.2, 0.25) is 0 Å². The molecule has 0 aromatic heterocycles. The van der Waals surface area contributed by atoms with Gasteiger partial charge in [-0.25, -0.2) is 0 Å². The molecule has 0 aromatic carbocycles. The summed E-state index contributed by atoms with van der Waals surface area (Å²) in [6, 6.07) is 0. The first-order valence-corrected chi connectivity index (χ1v) is 9.55. The number of hydrogen-bond acceptors (Lipinski definition) is 4. The first kappa shape index (κ1) is 19.5. The molecule has 0 bridgehead atoms. The van der Waals surface area contributed by atoms with Gasteiger partial charge in [-0.2, -0.15) is 0 Å². The quantitative estimate of drug-likeness (QED) is 0.558. The van der Waals surface area contributed by atoms with Crippen LogP contribution in [-0.2, 0) is 4.74 Å². The van der Waals surface area contributed by atoms with Crippen molar-refractivity contribution >= 4 is 5.96 Å². The number of guanidine groups is 1. The standard InChI is InChI=1S/C18H37N5O/c1-5-22-8-6-7-16(14-22)13-20-17(19-4)21-15-18(2,3)23-9-11-24-12-10-23/h16H,5-15H2,1-4H3,(H2,19,20,21). The summed E-state index contributed by atoms with van der Waals surface area (Å²) in [7, 11) is 1.86. The third kappa shape index (κ3) is 5.90. The smallest absolute Gasteiger partial charge is 0.191 e. The Labute approximate surface area is 148 Å². The average Bonchev–Trinajstić information content (AvgIpc) is 2.62. The summed E-state index contributed by atoms with van der Waals surface area (Å²) in [4.78, 5) is 9.44. The third-order valence-corrected chi connectivity index (χ3v) is 5.39. The molecule has 0 saturated carbocycles. The Morgan fingerprint density at radius 1 is 1.21 bits per heavy atom. The summed E-state index contributed by atoms with van der Waals surface area (Å²) in [6.45, 7) is 16.1. The van der Waals surface area contributed by atoms with Crippen LogP contribution < -0.4 is 10.6 Å². The van der Waals surface area contributed by atoms with E-state index >= 15 is 0 Å². The first-order chi connectivity index (χ1) is 11.5. The molecule has 2 fully saturated rings. The molecule has 0 spiro atoms. The SMILES string of the molecule is CCN1CCCC(CNC(=NC)NCC(C)(C)N2CCOCC2)C1. The maximum atomic E-state index is 5.46. The number of hydrogen-bond donors (Lipinski definition) is 2. The highest BCUT2D eigenvalue weighted by molar-refractivity contribution is 5.79. The van der Waals surface area contributed by atoms with Crippen LogP contribution in [0.4, 0.5) is 0 Å². The fourth-order valence-electron chi connectivity index (χ4n) is 3.65. The van der Waals surface area contributed by atoms with Gasteiger partial charge in [-0.05, 0) is 45.7 Å². The minimum Gasteiger partial charge on any atom is -0.379 e. The highest BCUT2D eigenvalue weighted by Crippen LogP contribution is 2.16. The monoisotopic (exact) mass is 339 g/mol. The van der Waals surface area contributed by atoms with E-state index in [1.54, 1.807) is 0 Å². The second kappa shape index (κ2) is 9.59. The highest BCUT2D eigenvalue weighted by Gasteiger charge is 2.28. The Morgan fingerprint density at radius 3 is 2.62 bits per heavy atom. The van der Waals surface area contributed by atoms with E-state index in [-0.39, 0.29) is 5.54 Å². The van der Waals surface area contributed by atoms with E-state index in [0.29, 0.717) is 0 Å². The van der Waals surface area contributed by atoms with Gasteiger partial charge in [0.05, 0.1) is 13.2 Å². The van der Waals surface area contributed by atoms with Crippen molar-refractivity contribution in [2.24, 2.45) is 10.9 Å². The molecular formula is C18H37N5O. The molecule has 1 atom stereocenters. The minimum atomic E-state index is 0.102. The number of nitrogens with zero attached hydrogens (tertiary/aromatic N) is 3. The molecule has 0 radical (unpaired) electrons. The van der Waals surface area contributed by atoms with Crippen LogP contribution in [-0.4, -0.2) is 87.4 Å². The van der Waals surface area contributed by atoms with Gasteiger partial charge in [0.1, 0.15) is 0 Å². The summed E-state index contributed by atoms with van der Waals surface area (Å²) >= 11 is 0. The van der Waals surface area contributed by atoms with Gasteiger partial charge in [0.25, 0.3) is 0 Å². The molecule has 6 nitrogen and oxygen atoms in total. The van der Waals surface area contributed by atoms with Crippen molar-refractivity contribution < 1.29 is 4.74 Å². The van der Waals surface area contributed by atoms with Crippen LogP contribution in [0.1, 0.15) is 33.6 Å². The van der Waals surface area contributed by atoms with Gasteiger partial charge in [0, 0.05) is 45.3 Å². The van der Waals surface area contributed by atoms with E-state index in [4.69, 9.17) is 4.74 Å². The van der Waals surface area contributed by atoms with Gasteiger partial charge < -0.3 is 20.3 Å². The van der Waals surface area contributed by atoms with E-state index in [1.165, 1.54) is 25.9 Å². The molecular weight excluding hydrogens is 302 g/mol. The van der Waals surface area contributed by atoms with Crippen molar-refractivity contribution in [3.8, 4) is 0 Å². The molecule has 2 rings (SSSR count). The number of morpholine rings is 1. The van der Waals surface area contributed by atoms with Crippen molar-refractivity contribution in [1.29, 1.82) is 0 Å². The van der Waals surface area contributed by atoms with Crippen LogP contribution in [0.25, 0.3) is 0 Å². The molecule has 6 heteroatoms. The average molecular weight is 340 g/mol. The molecule has 2 saturated heterocycles. The third-order valence-electron chi connectivity index (χ3n) is 5.39. The van der Waals surface area contributed by atoms with Crippen molar-refractivity contribution in [2.45, 2.75) is 39.2 Å². The van der Waals surface area contributed by atoms with Gasteiger partial charge in [-0.3, -0.25) is 9.89 Å². The van der Waals surface area contributed by atoms with Crippen LogP contribution >= 0.6 is 0 Å². The Bertz CT molecular complexity index is 393. The molecule has 2 N–H and O–H groups in total. The van der Waals surface area contributed by atoms with Crippen LogP contribution in [0.3, 0.4) is 0 Å². The fourth-order valence-corrected chi connectivity index (χ4v) is 3.65. The maximum absolute atomic E-state index is 5.46. The van der Waals surface area contributed by atoms with Gasteiger partial charge in [-0.15, -0.1) is 0 Å². The number of likely N-dealkylation sites (tertiary alicyclic amines) is 1. The fraction of sp³-hybridized carbons (Fsp3) is 0.944. The maximum Gasteiger partial charge on any atom is 0.191 e. The van der Waals surface area contributed by atoms with Gasteiger partial charge in [0.15, 0.2) is 5.96 Å². The zero-order chi connectivity index (χ0) is 17.4. The summed E-state index contributed by atoms with van der Waals surface area (Å²) in [5, 5.41) is 7.04. The molecule has 1 unspecified atom stereocenters. The largest absolute Gasteiger partial charge is 0.379 e. The number of aliphatic imine (C=N–C) groups is 1. The topological polar surface area (TPSA) is 52.1 Å². The Kier molecular flexibility index (Phi) is 7.78. The molecule has 140 valence electrons. The normalized spacial score (nSPS) is 24.8. The molecule has 0 aromatic rings. The van der Waals surface area contributed by atoms with Crippen molar-refractivity contribution in [3.63, 3.8) is 0 Å². The first-order valence-electron chi connectivity index (χ1n) is 9.55. The van der Waals surface area contributed by atoms with Crippen LogP contribution in [0.5, 0.6) is 0 Å². The molecule has 2 aliphatic rings. The lowest BCUT2D eigenvalue weighted by Crippen LogP contribution is -2.56. The second-order valence-corrected chi connectivity index (χ2v) is 7.62. The predicted molar refractivity (Wildman–Crippen MR) is 101 cm³/mol. The number of rotatable bonds is 6. The second-order valence-electron chi connectivity index (χ2n) is 7.62. The molecule has 2 aliphatic heterocycles. The minimum absolute atomic E-state index is 0.102. The van der Waals surface area contributed by atoms with E-state index in [1.807, 2.05) is 7.05 Å². The van der Waals surface area contributed by atoms with Crippen molar-refractivity contribution in [3.05, 3.63) is 0 Å². The van der Waals surface area contributed by atoms with Crippen LogP contribution in [0.15, 0.2) is 4.99 Å². The zero-order valence-corrected chi connectivity index (χ0v) is 16.1. The lowest BCUT2D eigenvalue weighted by atomic mass is 9.98. The Balaban J connectivity index is 1.73. The summed E-state index contributed by atoms with van der Waals surface area (Å²) in [5.41, 5.74) is 0.102. The van der Waals surface area contributed by atoms with E-state index < -0.39 is 0 Å². The van der Waals surface area contributed by atoms with Gasteiger partial charge in [0.2, 0.25) is 0 Å². The summed E-state index contributed by atoms with van der Waals surface area (Å²) in [6.07, 6.45) is 2.63. The molecule has 2 heterocycles. The summed E-state index contributed by atoms with van der Waals surface area (Å²) in [5.74, 6) is 1.65. The van der Waals surface area contributed by atoms with Gasteiger partial charge >= 0.3 is 0 Å². The van der Waals surface area contributed by atoms with Crippen molar-refractivity contribution in [2.75, 3.05) is 66.1 Å². The Hall–Kier alpha value is -0.850. The van der Waals surface area contributed by atoms with Gasteiger partial charge in [-0.1, -0.05) is 6.92 Å². The number of ether oxygens (including phenoxy) is 1. The van der Waals surface area contributed by atoms with E-state index in [0.717, 1.165) is 57.8 Å². The predicted octanol–water partition coefficient (Wildman–Crippen LogP) is 0.994. The number of nitrogens with one attached hydrogen (secondary N) is 2. The Morgan fingerprint density at radius 2 is 1.96 bits per heavy atom. The summed E-state index contributed by atoms with van der Waals surface area (Å²) < 4.78 is 5.46. The lowest BCUT2D eigenvalue weighted by molar-refractivity contribution is -0.00834. The zero-order valence-electron chi connectivity index (χ0n) is 16.1. The van der Waals surface area contributed by atoms with Crippen molar-refractivity contribution in [1.82, 2.24) is 20.4 Å². The van der Waals surface area contributed by atoms with E-state index in [9.17, 15) is 0 Å². The number of piperidine rings is 1. The highest BCUT2D eigenvalue weighted by atomic mass is 16.5. The molecule has 0 aliphatic carbocycles. The lowest BCUT2D eigenvalue weighted by Gasteiger charge is -2.41. The molecule has 24 heavy (non-hydrogen) atoms. The van der Waals surface area contributed by atoms with Crippen LogP contribution in [0, 0.1) is 5.92 Å². The van der Waals surface area contributed by atoms with E-state index in [2.05, 4.69) is 46.2 Å².